The number of nitrogens with zero attached hydrogens (tertiary/aromatic N) is 4. The SMILES string of the molecule is O=C(c1ccco1)N1CCN(C(=O)c2cn(Cc3ccccc3)nc2-c2ccc(Cl)cc2)CC1. The second-order valence-corrected chi connectivity index (χ2v) is 8.58. The maximum absolute atomic E-state index is 13.6. The van der Waals surface area contributed by atoms with Gasteiger partial charge in [-0.2, -0.15) is 5.10 Å². The van der Waals surface area contributed by atoms with Gasteiger partial charge >= 0.3 is 0 Å². The van der Waals surface area contributed by atoms with Crippen LogP contribution in [0.2, 0.25) is 5.02 Å². The summed E-state index contributed by atoms with van der Waals surface area (Å²) in [6, 6.07) is 20.7. The van der Waals surface area contributed by atoms with Gasteiger partial charge in [0.1, 0.15) is 5.69 Å². The van der Waals surface area contributed by atoms with Gasteiger partial charge < -0.3 is 14.2 Å². The van der Waals surface area contributed by atoms with Crippen molar-refractivity contribution in [3.05, 3.63) is 101 Å². The number of hydrogen-bond acceptors (Lipinski definition) is 4. The highest BCUT2D eigenvalue weighted by atomic mass is 35.5. The molecular weight excluding hydrogens is 452 g/mol. The summed E-state index contributed by atoms with van der Waals surface area (Å²) in [6.07, 6.45) is 3.29. The van der Waals surface area contributed by atoms with Crippen molar-refractivity contribution in [3.8, 4) is 11.3 Å². The van der Waals surface area contributed by atoms with Crippen molar-refractivity contribution in [3.63, 3.8) is 0 Å². The van der Waals surface area contributed by atoms with Gasteiger partial charge in [0.25, 0.3) is 11.8 Å². The lowest BCUT2D eigenvalue weighted by Crippen LogP contribution is -2.50. The molecule has 1 aliphatic heterocycles. The van der Waals surface area contributed by atoms with Gasteiger partial charge in [-0.1, -0.05) is 54.1 Å². The summed E-state index contributed by atoms with van der Waals surface area (Å²) >= 11 is 6.07. The van der Waals surface area contributed by atoms with Crippen LogP contribution in [-0.2, 0) is 6.54 Å². The van der Waals surface area contributed by atoms with E-state index in [1.165, 1.54) is 6.26 Å². The Morgan fingerprint density at radius 1 is 0.853 bits per heavy atom. The Labute approximate surface area is 202 Å². The lowest BCUT2D eigenvalue weighted by Gasteiger charge is -2.34. The van der Waals surface area contributed by atoms with E-state index in [9.17, 15) is 9.59 Å². The number of carbonyl (C=O) groups is 2. The highest BCUT2D eigenvalue weighted by Crippen LogP contribution is 2.26. The molecular formula is C26H23ClN4O3. The largest absolute Gasteiger partial charge is 0.459 e. The second-order valence-electron chi connectivity index (χ2n) is 8.14. The van der Waals surface area contributed by atoms with Gasteiger partial charge in [0, 0.05) is 43.0 Å². The first kappa shape index (κ1) is 22.0. The van der Waals surface area contributed by atoms with E-state index in [0.29, 0.717) is 54.8 Å². The van der Waals surface area contributed by atoms with Crippen molar-refractivity contribution in [1.29, 1.82) is 0 Å². The van der Waals surface area contributed by atoms with Crippen LogP contribution in [0.5, 0.6) is 0 Å². The quantitative estimate of drug-likeness (QED) is 0.428. The summed E-state index contributed by atoms with van der Waals surface area (Å²) in [5.41, 5.74) is 3.07. The molecule has 7 nitrogen and oxygen atoms in total. The smallest absolute Gasteiger partial charge is 0.289 e. The van der Waals surface area contributed by atoms with Gasteiger partial charge in [-0.15, -0.1) is 0 Å². The van der Waals surface area contributed by atoms with Gasteiger partial charge in [-0.25, -0.2) is 0 Å². The van der Waals surface area contributed by atoms with Crippen LogP contribution in [0, 0.1) is 0 Å². The summed E-state index contributed by atoms with van der Waals surface area (Å²) in [4.78, 5) is 29.6. The second kappa shape index (κ2) is 9.57. The number of hydrogen-bond donors (Lipinski definition) is 0. The van der Waals surface area contributed by atoms with E-state index < -0.39 is 0 Å². The van der Waals surface area contributed by atoms with Gasteiger partial charge in [0.05, 0.1) is 18.4 Å². The molecule has 8 heteroatoms. The van der Waals surface area contributed by atoms with Gasteiger partial charge in [0.2, 0.25) is 0 Å². The number of rotatable bonds is 5. The molecule has 172 valence electrons. The number of halogens is 1. The summed E-state index contributed by atoms with van der Waals surface area (Å²) in [7, 11) is 0. The van der Waals surface area contributed by atoms with Crippen LogP contribution in [0.25, 0.3) is 11.3 Å². The Hall–Kier alpha value is -3.84. The lowest BCUT2D eigenvalue weighted by molar-refractivity contribution is 0.0518. The number of furan rings is 1. The molecule has 2 aromatic heterocycles. The van der Waals surface area contributed by atoms with E-state index in [0.717, 1.165) is 11.1 Å². The highest BCUT2D eigenvalue weighted by molar-refractivity contribution is 6.30. The Morgan fingerprint density at radius 2 is 1.53 bits per heavy atom. The molecule has 3 heterocycles. The molecule has 0 aliphatic carbocycles. The first-order valence-corrected chi connectivity index (χ1v) is 11.5. The Balaban J connectivity index is 1.37. The third-order valence-corrected chi connectivity index (χ3v) is 6.14. The van der Waals surface area contributed by atoms with E-state index in [1.807, 2.05) is 42.5 Å². The molecule has 0 N–H and O–H groups in total. The monoisotopic (exact) mass is 474 g/mol. The number of benzene rings is 2. The number of amides is 2. The van der Waals surface area contributed by atoms with Crippen LogP contribution in [0.15, 0.2) is 83.6 Å². The molecule has 0 spiro atoms. The molecule has 0 radical (unpaired) electrons. The van der Waals surface area contributed by atoms with Crippen LogP contribution in [0.3, 0.4) is 0 Å². The standard InChI is InChI=1S/C26H23ClN4O3/c27-21-10-8-20(9-11-21)24-22(18-31(28-24)17-19-5-2-1-3-6-19)25(32)29-12-14-30(15-13-29)26(33)23-7-4-16-34-23/h1-11,16,18H,12-15,17H2. The minimum atomic E-state index is -0.158. The molecule has 1 aliphatic rings. The van der Waals surface area contributed by atoms with Gasteiger partial charge in [-0.3, -0.25) is 14.3 Å². The number of aromatic nitrogens is 2. The van der Waals surface area contributed by atoms with Crippen LogP contribution in [0.1, 0.15) is 26.5 Å². The molecule has 0 unspecified atom stereocenters. The maximum Gasteiger partial charge on any atom is 0.289 e. The zero-order valence-corrected chi connectivity index (χ0v) is 19.2. The summed E-state index contributed by atoms with van der Waals surface area (Å²) in [5.74, 6) is 0.0518. The molecule has 34 heavy (non-hydrogen) atoms. The van der Waals surface area contributed by atoms with Gasteiger partial charge in [-0.05, 0) is 29.8 Å². The van der Waals surface area contributed by atoms with Crippen LogP contribution < -0.4 is 0 Å². The minimum Gasteiger partial charge on any atom is -0.459 e. The van der Waals surface area contributed by atoms with Crippen LogP contribution in [-0.4, -0.2) is 57.6 Å². The zero-order valence-electron chi connectivity index (χ0n) is 18.4. The van der Waals surface area contributed by atoms with Gasteiger partial charge in [0.15, 0.2) is 5.76 Å². The molecule has 1 fully saturated rings. The predicted octanol–water partition coefficient (Wildman–Crippen LogP) is 4.44. The van der Waals surface area contributed by atoms with E-state index in [4.69, 9.17) is 21.1 Å². The highest BCUT2D eigenvalue weighted by Gasteiger charge is 2.29. The lowest BCUT2D eigenvalue weighted by atomic mass is 10.1. The predicted molar refractivity (Wildman–Crippen MR) is 129 cm³/mol. The van der Waals surface area contributed by atoms with Crippen molar-refractivity contribution < 1.29 is 14.0 Å². The van der Waals surface area contributed by atoms with Crippen LogP contribution in [0.4, 0.5) is 0 Å². The topological polar surface area (TPSA) is 71.6 Å². The number of piperazine rings is 1. The zero-order chi connectivity index (χ0) is 23.5. The van der Waals surface area contributed by atoms with E-state index in [1.54, 1.807) is 44.9 Å². The fourth-order valence-electron chi connectivity index (χ4n) is 4.09. The van der Waals surface area contributed by atoms with Crippen molar-refractivity contribution in [2.75, 3.05) is 26.2 Å². The minimum absolute atomic E-state index is 0.102. The van der Waals surface area contributed by atoms with E-state index in [-0.39, 0.29) is 11.8 Å². The molecule has 0 atom stereocenters. The molecule has 5 rings (SSSR count). The summed E-state index contributed by atoms with van der Waals surface area (Å²) < 4.78 is 7.02. The average Bonchev–Trinajstić information content (AvgIpc) is 3.55. The average molecular weight is 475 g/mol. The Bertz CT molecular complexity index is 1280. The molecule has 0 bridgehead atoms. The third kappa shape index (κ3) is 4.61. The fraction of sp³-hybridized carbons (Fsp3) is 0.192. The van der Waals surface area contributed by atoms with Crippen molar-refractivity contribution in [2.24, 2.45) is 0 Å². The molecule has 2 aromatic carbocycles. The van der Waals surface area contributed by atoms with E-state index >= 15 is 0 Å². The summed E-state index contributed by atoms with van der Waals surface area (Å²) in [6.45, 7) is 2.32. The van der Waals surface area contributed by atoms with Crippen molar-refractivity contribution >= 4 is 23.4 Å². The number of carbonyl (C=O) groups excluding carboxylic acids is 2. The molecule has 2 amide bonds. The first-order chi connectivity index (χ1) is 16.6. The Morgan fingerprint density at radius 3 is 2.18 bits per heavy atom. The van der Waals surface area contributed by atoms with Crippen molar-refractivity contribution in [1.82, 2.24) is 19.6 Å². The molecule has 0 saturated carbocycles. The Kier molecular flexibility index (Phi) is 6.18. The van der Waals surface area contributed by atoms with Crippen LogP contribution >= 0.6 is 11.6 Å². The third-order valence-electron chi connectivity index (χ3n) is 5.88. The molecule has 4 aromatic rings. The molecule has 1 saturated heterocycles. The van der Waals surface area contributed by atoms with Crippen molar-refractivity contribution in [2.45, 2.75) is 6.54 Å². The summed E-state index contributed by atoms with van der Waals surface area (Å²) in [5, 5.41) is 5.37. The maximum atomic E-state index is 13.6. The normalized spacial score (nSPS) is 13.8. The first-order valence-electron chi connectivity index (χ1n) is 11.1. The fourth-order valence-corrected chi connectivity index (χ4v) is 4.22. The van der Waals surface area contributed by atoms with E-state index in [2.05, 4.69) is 0 Å².